The molecule has 2 rings (SSSR count). The summed E-state index contributed by atoms with van der Waals surface area (Å²) in [6.07, 6.45) is 3.01. The molecule has 0 N–H and O–H groups in total. The lowest BCUT2D eigenvalue weighted by Gasteiger charge is -2.26. The molecule has 0 fully saturated rings. The van der Waals surface area contributed by atoms with Crippen LogP contribution >= 0.6 is 28.1 Å². The molecule has 0 radical (unpaired) electrons. The second-order valence-corrected chi connectivity index (χ2v) is 7.86. The molecule has 0 amide bonds. The zero-order valence-corrected chi connectivity index (χ0v) is 16.2. The Labute approximate surface area is 155 Å². The molecule has 1 aliphatic rings. The maximum absolute atomic E-state index is 12.4. The predicted molar refractivity (Wildman–Crippen MR) is 102 cm³/mol. The van der Waals surface area contributed by atoms with Gasteiger partial charge in [-0.2, -0.15) is 0 Å². The first-order valence-corrected chi connectivity index (χ1v) is 8.81. The summed E-state index contributed by atoms with van der Waals surface area (Å²) in [7, 11) is 0. The molecule has 126 valence electrons. The number of allylic oxidation sites excluding steroid dienone is 2. The summed E-state index contributed by atoms with van der Waals surface area (Å²) in [6.45, 7) is 5.38. The van der Waals surface area contributed by atoms with Gasteiger partial charge in [0.15, 0.2) is 0 Å². The Bertz CT molecular complexity index is 727. The Morgan fingerprint density at radius 1 is 1.29 bits per heavy atom. The number of benzene rings is 1. The Balaban J connectivity index is 2.32. The van der Waals surface area contributed by atoms with E-state index in [9.17, 15) is 9.59 Å². The van der Waals surface area contributed by atoms with Crippen LogP contribution in [-0.4, -0.2) is 22.7 Å². The molecular formula is C19H19BrO3S. The first-order chi connectivity index (χ1) is 11.2. The van der Waals surface area contributed by atoms with E-state index < -0.39 is 11.6 Å². The van der Waals surface area contributed by atoms with E-state index in [0.717, 1.165) is 11.8 Å². The highest BCUT2D eigenvalue weighted by Crippen LogP contribution is 2.34. The van der Waals surface area contributed by atoms with E-state index in [1.54, 1.807) is 26.8 Å². The third-order valence-electron chi connectivity index (χ3n) is 3.52. The van der Waals surface area contributed by atoms with Crippen LogP contribution in [0.25, 0.3) is 0 Å². The van der Waals surface area contributed by atoms with Crippen molar-refractivity contribution in [1.29, 1.82) is 0 Å². The number of carbonyl (C=O) groups excluding carboxylic acids is 2. The van der Waals surface area contributed by atoms with Gasteiger partial charge in [0.05, 0.1) is 5.57 Å². The van der Waals surface area contributed by atoms with Gasteiger partial charge >= 0.3 is 5.97 Å². The average Bonchev–Trinajstić information content (AvgIpc) is 2.50. The topological polar surface area (TPSA) is 43.4 Å². The predicted octanol–water partition coefficient (Wildman–Crippen LogP) is 4.34. The van der Waals surface area contributed by atoms with Gasteiger partial charge in [0.1, 0.15) is 11.9 Å². The van der Waals surface area contributed by atoms with Crippen molar-refractivity contribution in [2.45, 2.75) is 32.8 Å². The Morgan fingerprint density at radius 2 is 1.92 bits per heavy atom. The maximum Gasteiger partial charge on any atom is 0.339 e. The van der Waals surface area contributed by atoms with Crippen LogP contribution < -0.4 is 0 Å². The van der Waals surface area contributed by atoms with Gasteiger partial charge in [-0.05, 0) is 54.8 Å². The van der Waals surface area contributed by atoms with Crippen molar-refractivity contribution >= 4 is 45.3 Å². The highest BCUT2D eigenvalue weighted by atomic mass is 79.9. The van der Waals surface area contributed by atoms with Gasteiger partial charge in [-0.25, -0.2) is 4.79 Å². The number of thiocarbonyl (C=S) groups is 1. The summed E-state index contributed by atoms with van der Waals surface area (Å²) in [5.74, 6) is -0.727. The van der Waals surface area contributed by atoms with E-state index >= 15 is 0 Å². The molecule has 1 unspecified atom stereocenters. The third kappa shape index (κ3) is 4.48. The fraction of sp³-hybridized carbons (Fsp3) is 0.316. The first kappa shape index (κ1) is 18.7. The quantitative estimate of drug-likeness (QED) is 0.423. The number of ether oxygens (including phenoxy) is 1. The fourth-order valence-corrected chi connectivity index (χ4v) is 3.42. The lowest BCUT2D eigenvalue weighted by atomic mass is 9.84. The van der Waals surface area contributed by atoms with Crippen LogP contribution in [0.2, 0.25) is 0 Å². The highest BCUT2D eigenvalue weighted by Gasteiger charge is 2.32. The van der Waals surface area contributed by atoms with Crippen LogP contribution in [-0.2, 0) is 20.7 Å². The average molecular weight is 407 g/mol. The molecule has 3 nitrogen and oxygen atoms in total. The second-order valence-electron chi connectivity index (χ2n) is 6.59. The van der Waals surface area contributed by atoms with Gasteiger partial charge in [0, 0.05) is 20.8 Å². The summed E-state index contributed by atoms with van der Waals surface area (Å²) in [6, 6.07) is 9.82. The van der Waals surface area contributed by atoms with E-state index in [1.807, 2.05) is 30.3 Å². The fourth-order valence-electron chi connectivity index (χ4n) is 2.44. The molecule has 0 aliphatic heterocycles. The van der Waals surface area contributed by atoms with E-state index in [2.05, 4.69) is 15.9 Å². The summed E-state index contributed by atoms with van der Waals surface area (Å²) in [5.41, 5.74) is 1.24. The minimum absolute atomic E-state index is 0.236. The molecule has 0 aromatic heterocycles. The standard InChI is InChI=1S/C19H19BrO3S/c1-19(2,3)23-18(22)14-10-16(24)13(15(11-21)17(14)20)9-12-7-5-4-6-8-12/h4-8,10-11,13H,9H2,1-3H3. The Morgan fingerprint density at radius 3 is 2.46 bits per heavy atom. The van der Waals surface area contributed by atoms with Crippen molar-refractivity contribution in [1.82, 2.24) is 0 Å². The monoisotopic (exact) mass is 406 g/mol. The molecule has 1 aromatic rings. The smallest absolute Gasteiger partial charge is 0.339 e. The summed E-state index contributed by atoms with van der Waals surface area (Å²) in [4.78, 5) is 24.6. The molecule has 0 spiro atoms. The lowest BCUT2D eigenvalue weighted by Crippen LogP contribution is -2.29. The van der Waals surface area contributed by atoms with Crippen molar-refractivity contribution in [3.63, 3.8) is 0 Å². The number of rotatable bonds is 4. The van der Waals surface area contributed by atoms with Crippen LogP contribution in [0.4, 0.5) is 0 Å². The van der Waals surface area contributed by atoms with E-state index in [-0.39, 0.29) is 5.92 Å². The van der Waals surface area contributed by atoms with E-state index in [1.165, 1.54) is 0 Å². The molecule has 1 aliphatic carbocycles. The van der Waals surface area contributed by atoms with Crippen LogP contribution in [0.1, 0.15) is 26.3 Å². The summed E-state index contributed by atoms with van der Waals surface area (Å²) < 4.78 is 5.85. The lowest BCUT2D eigenvalue weighted by molar-refractivity contribution is -0.149. The molecule has 5 heteroatoms. The minimum Gasteiger partial charge on any atom is -0.456 e. The zero-order chi connectivity index (χ0) is 17.9. The van der Waals surface area contributed by atoms with E-state index in [0.29, 0.717) is 26.9 Å². The van der Waals surface area contributed by atoms with Gasteiger partial charge in [0.2, 0.25) is 0 Å². The highest BCUT2D eigenvalue weighted by molar-refractivity contribution is 9.12. The van der Waals surface area contributed by atoms with Crippen LogP contribution in [0.3, 0.4) is 0 Å². The number of carbonyl (C=O) groups is 2. The van der Waals surface area contributed by atoms with Gasteiger partial charge in [-0.15, -0.1) is 0 Å². The number of aldehydes is 1. The number of hydrogen-bond acceptors (Lipinski definition) is 4. The van der Waals surface area contributed by atoms with Gasteiger partial charge in [-0.1, -0.05) is 42.5 Å². The number of hydrogen-bond donors (Lipinski definition) is 0. The second kappa shape index (κ2) is 7.53. The van der Waals surface area contributed by atoms with Crippen LogP contribution in [0.15, 0.2) is 52.0 Å². The molecule has 0 saturated heterocycles. The SMILES string of the molecule is CC(C)(C)OC(=O)C1=CC(=S)C(Cc2ccccc2)C(C=O)=C1Br. The zero-order valence-electron chi connectivity index (χ0n) is 13.8. The molecule has 24 heavy (non-hydrogen) atoms. The van der Waals surface area contributed by atoms with E-state index in [4.69, 9.17) is 17.0 Å². The van der Waals surface area contributed by atoms with Crippen molar-refractivity contribution in [2.24, 2.45) is 5.92 Å². The van der Waals surface area contributed by atoms with Crippen molar-refractivity contribution in [2.75, 3.05) is 0 Å². The van der Waals surface area contributed by atoms with Crippen LogP contribution in [0.5, 0.6) is 0 Å². The molecule has 1 aromatic carbocycles. The number of halogens is 1. The molecular weight excluding hydrogens is 388 g/mol. The summed E-state index contributed by atoms with van der Waals surface area (Å²) in [5, 5.41) is 0. The minimum atomic E-state index is -0.616. The van der Waals surface area contributed by atoms with Gasteiger partial charge < -0.3 is 4.74 Å². The molecule has 0 bridgehead atoms. The molecule has 0 saturated carbocycles. The Kier molecular flexibility index (Phi) is 5.88. The molecule has 1 atom stereocenters. The first-order valence-electron chi connectivity index (χ1n) is 7.61. The van der Waals surface area contributed by atoms with Crippen LogP contribution in [0, 0.1) is 5.92 Å². The molecule has 0 heterocycles. The largest absolute Gasteiger partial charge is 0.456 e. The maximum atomic E-state index is 12.4. The van der Waals surface area contributed by atoms with Crippen molar-refractivity contribution in [3.8, 4) is 0 Å². The van der Waals surface area contributed by atoms with Crippen molar-refractivity contribution < 1.29 is 14.3 Å². The third-order valence-corrected chi connectivity index (χ3v) is 4.81. The van der Waals surface area contributed by atoms with Gasteiger partial charge in [0.25, 0.3) is 0 Å². The summed E-state index contributed by atoms with van der Waals surface area (Å²) >= 11 is 8.85. The normalized spacial score (nSPS) is 18.2. The van der Waals surface area contributed by atoms with Gasteiger partial charge in [-0.3, -0.25) is 4.79 Å². The Hall–Kier alpha value is -1.59. The number of esters is 1. The van der Waals surface area contributed by atoms with Crippen molar-refractivity contribution in [3.05, 3.63) is 57.6 Å².